The number of benzene rings is 2. The van der Waals surface area contributed by atoms with Crippen LogP contribution in [0, 0.1) is 17.3 Å². The fraction of sp³-hybridized carbons (Fsp3) is 0.500. The first-order valence-electron chi connectivity index (χ1n) is 15.9. The lowest BCUT2D eigenvalue weighted by Gasteiger charge is -2.58. The normalized spacial score (nSPS) is 27.0. The first-order valence-corrected chi connectivity index (χ1v) is 15.9. The average molecular weight is 649 g/mol. The minimum atomic E-state index is -0.677. The van der Waals surface area contributed by atoms with E-state index in [9.17, 15) is 9.59 Å². The van der Waals surface area contributed by atoms with Gasteiger partial charge < -0.3 is 38.1 Å². The summed E-state index contributed by atoms with van der Waals surface area (Å²) >= 11 is 0. The Hall–Kier alpha value is -4.22. The first-order chi connectivity index (χ1) is 22.7. The van der Waals surface area contributed by atoms with Crippen LogP contribution in [0.4, 0.5) is 0 Å². The molecule has 0 radical (unpaired) electrons. The number of carbonyl (C=O) groups excluding carboxylic acids is 2. The monoisotopic (exact) mass is 648 g/mol. The van der Waals surface area contributed by atoms with Gasteiger partial charge in [0.15, 0.2) is 11.5 Å². The number of H-pyrrole nitrogens is 1. The highest BCUT2D eigenvalue weighted by molar-refractivity contribution is 5.88. The molecule has 0 spiro atoms. The molecule has 0 amide bonds. The van der Waals surface area contributed by atoms with Crippen LogP contribution in [0.1, 0.15) is 42.6 Å². The van der Waals surface area contributed by atoms with Crippen molar-refractivity contribution in [1.29, 1.82) is 0 Å². The average Bonchev–Trinajstić information content (AvgIpc) is 3.46. The Balaban J connectivity index is 1.27. The van der Waals surface area contributed by atoms with Crippen molar-refractivity contribution in [3.8, 4) is 23.0 Å². The summed E-state index contributed by atoms with van der Waals surface area (Å²) in [6.45, 7) is 3.84. The van der Waals surface area contributed by atoms with Crippen LogP contribution in [-0.2, 0) is 30.2 Å². The number of fused-ring (bicyclic) bond motifs is 6. The summed E-state index contributed by atoms with van der Waals surface area (Å²) in [5.74, 6) is 0.748. The molecule has 47 heavy (non-hydrogen) atoms. The van der Waals surface area contributed by atoms with E-state index in [0.717, 1.165) is 37.2 Å². The van der Waals surface area contributed by atoms with Gasteiger partial charge in [-0.05, 0) is 72.1 Å². The summed E-state index contributed by atoms with van der Waals surface area (Å²) in [5, 5.41) is 1.21. The summed E-state index contributed by atoms with van der Waals surface area (Å²) < 4.78 is 39.2. The Bertz CT molecular complexity index is 1660. The van der Waals surface area contributed by atoms with Crippen molar-refractivity contribution in [3.63, 3.8) is 0 Å². The van der Waals surface area contributed by atoms with Gasteiger partial charge in [0.2, 0.25) is 5.75 Å². The third-order valence-corrected chi connectivity index (χ3v) is 10.6. The van der Waals surface area contributed by atoms with E-state index in [1.807, 2.05) is 12.1 Å². The van der Waals surface area contributed by atoms with E-state index in [1.54, 1.807) is 32.4 Å². The van der Waals surface area contributed by atoms with Crippen molar-refractivity contribution < 1.29 is 42.7 Å². The molecule has 1 saturated heterocycles. The number of methoxy groups -OCH3 is 6. The molecule has 2 aliphatic heterocycles. The zero-order valence-electron chi connectivity index (χ0n) is 28.1. The second-order valence-electron chi connectivity index (χ2n) is 12.8. The van der Waals surface area contributed by atoms with Crippen molar-refractivity contribution in [2.45, 2.75) is 44.4 Å². The summed E-state index contributed by atoms with van der Waals surface area (Å²) in [6.07, 6.45) is 3.89. The molecule has 1 N–H and O–H groups in total. The first kappa shape index (κ1) is 32.7. The van der Waals surface area contributed by atoms with Gasteiger partial charge >= 0.3 is 11.9 Å². The molecule has 1 saturated carbocycles. The third kappa shape index (κ3) is 5.69. The van der Waals surface area contributed by atoms with Crippen LogP contribution < -0.4 is 18.9 Å². The van der Waals surface area contributed by atoms with E-state index in [0.29, 0.717) is 29.2 Å². The lowest BCUT2D eigenvalue weighted by Crippen LogP contribution is -2.63. The third-order valence-electron chi connectivity index (χ3n) is 10.6. The number of rotatable bonds is 9. The SMILES string of the molecule is COC(=O)[C@@H]1[C@@H](OC)[C@H](OC(=O)/C=C/c2cc(OC)c(OC)c(OC)c2)C[C@@H]2CN3CCc4c([nH]c5cc(OC)ccc45)[C@H]3C[C@@]21C. The van der Waals surface area contributed by atoms with Crippen LogP contribution >= 0.6 is 0 Å². The second kappa shape index (κ2) is 13.1. The van der Waals surface area contributed by atoms with Crippen molar-refractivity contribution in [2.24, 2.45) is 17.3 Å². The molecule has 11 nitrogen and oxygen atoms in total. The van der Waals surface area contributed by atoms with Gasteiger partial charge in [-0.25, -0.2) is 4.79 Å². The zero-order chi connectivity index (χ0) is 33.5. The fourth-order valence-corrected chi connectivity index (χ4v) is 8.27. The summed E-state index contributed by atoms with van der Waals surface area (Å²) in [5.41, 5.74) is 3.78. The molecule has 3 heterocycles. The van der Waals surface area contributed by atoms with Crippen molar-refractivity contribution in [1.82, 2.24) is 9.88 Å². The van der Waals surface area contributed by atoms with Crippen LogP contribution in [0.5, 0.6) is 23.0 Å². The molecule has 1 aromatic heterocycles. The number of hydrogen-bond acceptors (Lipinski definition) is 10. The molecule has 1 aliphatic carbocycles. The Morgan fingerprint density at radius 3 is 2.36 bits per heavy atom. The number of nitrogens with zero attached hydrogens (tertiary/aromatic N) is 1. The maximum atomic E-state index is 13.6. The molecule has 11 heteroatoms. The predicted molar refractivity (Wildman–Crippen MR) is 175 cm³/mol. The number of carbonyl (C=O) groups is 2. The van der Waals surface area contributed by atoms with Crippen LogP contribution in [0.25, 0.3) is 17.0 Å². The van der Waals surface area contributed by atoms with Crippen LogP contribution in [0.2, 0.25) is 0 Å². The lowest BCUT2D eigenvalue weighted by molar-refractivity contribution is -0.204. The predicted octanol–water partition coefficient (Wildman–Crippen LogP) is 4.96. The number of aromatic amines is 1. The molecule has 0 bridgehead atoms. The molecule has 0 unspecified atom stereocenters. The van der Waals surface area contributed by atoms with Crippen molar-refractivity contribution in [3.05, 3.63) is 53.2 Å². The Morgan fingerprint density at radius 1 is 0.979 bits per heavy atom. The number of piperidine rings is 1. The molecule has 252 valence electrons. The minimum absolute atomic E-state index is 0.0668. The number of aromatic nitrogens is 1. The Morgan fingerprint density at radius 2 is 1.72 bits per heavy atom. The summed E-state index contributed by atoms with van der Waals surface area (Å²) in [6, 6.07) is 9.76. The van der Waals surface area contributed by atoms with E-state index in [4.69, 9.17) is 33.2 Å². The molecule has 6 atom stereocenters. The highest BCUT2D eigenvalue weighted by Crippen LogP contribution is 2.57. The molecule has 3 aliphatic rings. The highest BCUT2D eigenvalue weighted by Gasteiger charge is 2.60. The van der Waals surface area contributed by atoms with Crippen LogP contribution in [0.15, 0.2) is 36.4 Å². The number of nitrogens with one attached hydrogen (secondary N) is 1. The van der Waals surface area contributed by atoms with E-state index >= 15 is 0 Å². The van der Waals surface area contributed by atoms with Crippen LogP contribution in [-0.4, -0.2) is 89.8 Å². The van der Waals surface area contributed by atoms with Crippen LogP contribution in [0.3, 0.4) is 0 Å². The van der Waals surface area contributed by atoms with Gasteiger partial charge in [0.1, 0.15) is 18.0 Å². The van der Waals surface area contributed by atoms with E-state index in [2.05, 4.69) is 22.9 Å². The van der Waals surface area contributed by atoms with Crippen molar-refractivity contribution >= 4 is 28.9 Å². The highest BCUT2D eigenvalue weighted by atomic mass is 16.6. The van der Waals surface area contributed by atoms with Gasteiger partial charge in [0.25, 0.3) is 0 Å². The van der Waals surface area contributed by atoms with E-state index in [-0.39, 0.29) is 17.9 Å². The van der Waals surface area contributed by atoms with E-state index in [1.165, 1.54) is 51.2 Å². The molecule has 2 aromatic carbocycles. The molecular weight excluding hydrogens is 604 g/mol. The minimum Gasteiger partial charge on any atom is -0.497 e. The smallest absolute Gasteiger partial charge is 0.331 e. The molecular formula is C36H44N2O9. The molecule has 6 rings (SSSR count). The standard InChI is InChI=1S/C36H44N2O9/c1-36-18-26-32-24(23-10-9-22(41-2)17-25(23)37-32)12-13-38(26)19-21(36)16-29(34(45-6)31(36)35(40)46-7)47-30(39)11-8-20-14-27(42-3)33(44-5)28(15-20)43-4/h8-11,14-15,17,21,26,29,31,34,37H,12-13,16,18-19H2,1-7H3/b11-8+/t21-,26-,29-,31+,34+,36+/m1/s1. The van der Waals surface area contributed by atoms with E-state index < -0.39 is 29.5 Å². The van der Waals surface area contributed by atoms with Gasteiger partial charge in [-0.15, -0.1) is 0 Å². The van der Waals surface area contributed by atoms with Gasteiger partial charge in [-0.1, -0.05) is 6.92 Å². The maximum absolute atomic E-state index is 13.6. The number of esters is 2. The fourth-order valence-electron chi connectivity index (χ4n) is 8.27. The van der Waals surface area contributed by atoms with Gasteiger partial charge in [0.05, 0.1) is 47.5 Å². The van der Waals surface area contributed by atoms with Crippen molar-refractivity contribution in [2.75, 3.05) is 55.7 Å². The lowest BCUT2D eigenvalue weighted by atomic mass is 9.54. The van der Waals surface area contributed by atoms with Gasteiger partial charge in [0, 0.05) is 48.9 Å². The molecule has 3 aromatic rings. The number of ether oxygens (including phenoxy) is 7. The topological polar surface area (TPSA) is 118 Å². The zero-order valence-corrected chi connectivity index (χ0v) is 28.1. The van der Waals surface area contributed by atoms with Gasteiger partial charge in [-0.2, -0.15) is 0 Å². The summed E-state index contributed by atoms with van der Waals surface area (Å²) in [7, 11) is 9.24. The maximum Gasteiger partial charge on any atom is 0.331 e. The Kier molecular flexibility index (Phi) is 9.13. The summed E-state index contributed by atoms with van der Waals surface area (Å²) in [4.78, 5) is 33.1. The number of hydrogen-bond donors (Lipinski definition) is 1. The largest absolute Gasteiger partial charge is 0.497 e. The second-order valence-corrected chi connectivity index (χ2v) is 12.8. The quantitative estimate of drug-likeness (QED) is 0.252. The van der Waals surface area contributed by atoms with Gasteiger partial charge in [-0.3, -0.25) is 9.69 Å². The Labute approximate surface area is 275 Å². The molecule has 2 fully saturated rings.